The van der Waals surface area contributed by atoms with Gasteiger partial charge in [0.15, 0.2) is 11.5 Å². The molecule has 0 saturated heterocycles. The fourth-order valence-corrected chi connectivity index (χ4v) is 3.08. The minimum absolute atomic E-state index is 0.0149. The summed E-state index contributed by atoms with van der Waals surface area (Å²) in [6, 6.07) is 17.6. The molecule has 25 heavy (non-hydrogen) atoms. The SMILES string of the molecule is COc1ccc([C@H](C#N)N2NC(C)=C[C@H]2c2ccccc2)cc1OC. The van der Waals surface area contributed by atoms with E-state index in [0.29, 0.717) is 11.5 Å². The van der Waals surface area contributed by atoms with Crippen LogP contribution in [0, 0.1) is 11.3 Å². The largest absolute Gasteiger partial charge is 0.493 e. The molecule has 0 radical (unpaired) electrons. The van der Waals surface area contributed by atoms with Gasteiger partial charge >= 0.3 is 0 Å². The van der Waals surface area contributed by atoms with Gasteiger partial charge in [0.2, 0.25) is 0 Å². The Hall–Kier alpha value is -2.97. The van der Waals surface area contributed by atoms with E-state index in [1.807, 2.05) is 48.3 Å². The number of allylic oxidation sites excluding steroid dienone is 1. The molecular formula is C20H21N3O2. The highest BCUT2D eigenvalue weighted by atomic mass is 16.5. The van der Waals surface area contributed by atoms with Gasteiger partial charge < -0.3 is 14.9 Å². The Labute approximate surface area is 148 Å². The van der Waals surface area contributed by atoms with Crippen molar-refractivity contribution in [3.05, 3.63) is 71.4 Å². The van der Waals surface area contributed by atoms with E-state index in [-0.39, 0.29) is 6.04 Å². The summed E-state index contributed by atoms with van der Waals surface area (Å²) in [4.78, 5) is 0. The lowest BCUT2D eigenvalue weighted by atomic mass is 10.0. The summed E-state index contributed by atoms with van der Waals surface area (Å²) in [6.45, 7) is 2.00. The number of hydrogen-bond acceptors (Lipinski definition) is 5. The van der Waals surface area contributed by atoms with Crippen LogP contribution in [0.2, 0.25) is 0 Å². The van der Waals surface area contributed by atoms with Crippen molar-refractivity contribution in [2.75, 3.05) is 14.2 Å². The van der Waals surface area contributed by atoms with Crippen LogP contribution in [0.1, 0.15) is 30.1 Å². The fraction of sp³-hybridized carbons (Fsp3) is 0.250. The third kappa shape index (κ3) is 3.30. The number of nitriles is 1. The highest BCUT2D eigenvalue weighted by molar-refractivity contribution is 5.45. The molecule has 0 unspecified atom stereocenters. The number of nitrogens with one attached hydrogen (secondary N) is 1. The van der Waals surface area contributed by atoms with E-state index < -0.39 is 6.04 Å². The van der Waals surface area contributed by atoms with Crippen molar-refractivity contribution in [2.45, 2.75) is 19.0 Å². The van der Waals surface area contributed by atoms with Crippen LogP contribution in [0.3, 0.4) is 0 Å². The van der Waals surface area contributed by atoms with Crippen molar-refractivity contribution in [2.24, 2.45) is 0 Å². The second kappa shape index (κ2) is 7.29. The highest BCUT2D eigenvalue weighted by Gasteiger charge is 2.32. The van der Waals surface area contributed by atoms with Gasteiger partial charge in [-0.25, -0.2) is 0 Å². The van der Waals surface area contributed by atoms with Crippen LogP contribution in [0.25, 0.3) is 0 Å². The van der Waals surface area contributed by atoms with Crippen molar-refractivity contribution in [3.63, 3.8) is 0 Å². The van der Waals surface area contributed by atoms with Gasteiger partial charge in [-0.2, -0.15) is 10.3 Å². The van der Waals surface area contributed by atoms with Crippen molar-refractivity contribution in [1.82, 2.24) is 10.4 Å². The number of ether oxygens (including phenoxy) is 2. The van der Waals surface area contributed by atoms with Crippen LogP contribution in [0.4, 0.5) is 0 Å². The summed E-state index contributed by atoms with van der Waals surface area (Å²) in [5, 5.41) is 11.8. The third-order valence-electron chi connectivity index (χ3n) is 4.28. The lowest BCUT2D eigenvalue weighted by molar-refractivity contribution is 0.160. The summed E-state index contributed by atoms with van der Waals surface area (Å²) >= 11 is 0. The molecule has 0 fully saturated rings. The molecule has 1 aliphatic rings. The minimum Gasteiger partial charge on any atom is -0.493 e. The second-order valence-electron chi connectivity index (χ2n) is 5.87. The van der Waals surface area contributed by atoms with E-state index in [0.717, 1.165) is 16.8 Å². The number of rotatable bonds is 5. The molecule has 1 N–H and O–H groups in total. The van der Waals surface area contributed by atoms with Crippen LogP contribution in [-0.2, 0) is 0 Å². The van der Waals surface area contributed by atoms with Crippen LogP contribution in [0.15, 0.2) is 60.3 Å². The van der Waals surface area contributed by atoms with Crippen molar-refractivity contribution >= 4 is 0 Å². The van der Waals surface area contributed by atoms with E-state index in [9.17, 15) is 5.26 Å². The molecule has 0 aromatic heterocycles. The van der Waals surface area contributed by atoms with Crippen LogP contribution >= 0.6 is 0 Å². The molecule has 2 atom stereocenters. The molecule has 0 spiro atoms. The van der Waals surface area contributed by atoms with Crippen molar-refractivity contribution in [1.29, 1.82) is 5.26 Å². The van der Waals surface area contributed by atoms with Gasteiger partial charge in [0, 0.05) is 5.70 Å². The van der Waals surface area contributed by atoms with Gasteiger partial charge in [-0.1, -0.05) is 36.4 Å². The Morgan fingerprint density at radius 1 is 1.08 bits per heavy atom. The van der Waals surface area contributed by atoms with E-state index in [2.05, 4.69) is 29.7 Å². The Kier molecular flexibility index (Phi) is 4.92. The molecule has 128 valence electrons. The standard InChI is InChI=1S/C20H21N3O2/c1-14-11-17(15-7-5-4-6-8-15)23(22-14)18(13-21)16-9-10-19(24-2)20(12-16)25-3/h4-12,17-18,22H,1-3H3/t17-,18-/m0/s1. The quantitative estimate of drug-likeness (QED) is 0.902. The Morgan fingerprint density at radius 3 is 2.44 bits per heavy atom. The van der Waals surface area contributed by atoms with Crippen LogP contribution in [-0.4, -0.2) is 19.2 Å². The molecule has 3 rings (SSSR count). The first-order chi connectivity index (χ1) is 12.2. The Balaban J connectivity index is 1.97. The van der Waals surface area contributed by atoms with Crippen LogP contribution in [0.5, 0.6) is 11.5 Å². The average Bonchev–Trinajstić information content (AvgIpc) is 3.04. The first kappa shape index (κ1) is 16.9. The molecule has 0 aliphatic carbocycles. The van der Waals surface area contributed by atoms with Gasteiger partial charge in [0.25, 0.3) is 0 Å². The first-order valence-corrected chi connectivity index (χ1v) is 8.08. The molecule has 5 heteroatoms. The molecular weight excluding hydrogens is 314 g/mol. The Bertz CT molecular complexity index is 811. The number of methoxy groups -OCH3 is 2. The minimum atomic E-state index is -0.473. The summed E-state index contributed by atoms with van der Waals surface area (Å²) in [5.74, 6) is 1.26. The lowest BCUT2D eigenvalue weighted by Crippen LogP contribution is -2.37. The van der Waals surface area contributed by atoms with Crippen LogP contribution < -0.4 is 14.9 Å². The number of hydrogen-bond donors (Lipinski definition) is 1. The maximum atomic E-state index is 9.85. The van der Waals surface area contributed by atoms with Crippen molar-refractivity contribution < 1.29 is 9.47 Å². The highest BCUT2D eigenvalue weighted by Crippen LogP contribution is 2.37. The maximum Gasteiger partial charge on any atom is 0.161 e. The van der Waals surface area contributed by atoms with E-state index >= 15 is 0 Å². The lowest BCUT2D eigenvalue weighted by Gasteiger charge is -2.30. The van der Waals surface area contributed by atoms with E-state index in [4.69, 9.17) is 9.47 Å². The zero-order chi connectivity index (χ0) is 17.8. The summed E-state index contributed by atoms with van der Waals surface area (Å²) in [7, 11) is 3.19. The fourth-order valence-electron chi connectivity index (χ4n) is 3.08. The average molecular weight is 335 g/mol. The number of benzene rings is 2. The van der Waals surface area contributed by atoms with Gasteiger partial charge in [0.1, 0.15) is 6.04 Å². The summed E-state index contributed by atoms with van der Waals surface area (Å²) in [6.07, 6.45) is 2.13. The summed E-state index contributed by atoms with van der Waals surface area (Å²) < 4.78 is 10.7. The van der Waals surface area contributed by atoms with E-state index in [1.54, 1.807) is 14.2 Å². The number of nitrogens with zero attached hydrogens (tertiary/aromatic N) is 2. The third-order valence-corrected chi connectivity index (χ3v) is 4.28. The van der Waals surface area contributed by atoms with Crippen molar-refractivity contribution in [3.8, 4) is 17.6 Å². The number of hydrazine groups is 1. The molecule has 2 aromatic carbocycles. The maximum absolute atomic E-state index is 9.85. The topological polar surface area (TPSA) is 57.5 Å². The zero-order valence-electron chi connectivity index (χ0n) is 14.6. The van der Waals surface area contributed by atoms with E-state index in [1.165, 1.54) is 0 Å². The monoisotopic (exact) mass is 335 g/mol. The molecule has 0 amide bonds. The Morgan fingerprint density at radius 2 is 1.80 bits per heavy atom. The predicted molar refractivity (Wildman–Crippen MR) is 95.8 cm³/mol. The van der Waals surface area contributed by atoms with Gasteiger partial charge in [0.05, 0.1) is 26.3 Å². The smallest absolute Gasteiger partial charge is 0.161 e. The predicted octanol–water partition coefficient (Wildman–Crippen LogP) is 3.73. The van der Waals surface area contributed by atoms with Gasteiger partial charge in [-0.15, -0.1) is 0 Å². The normalized spacial score (nSPS) is 18.0. The van der Waals surface area contributed by atoms with Gasteiger partial charge in [-0.05, 0) is 36.3 Å². The van der Waals surface area contributed by atoms with Gasteiger partial charge in [-0.3, -0.25) is 0 Å². The molecule has 2 aromatic rings. The molecule has 0 bridgehead atoms. The molecule has 5 nitrogen and oxygen atoms in total. The second-order valence-corrected chi connectivity index (χ2v) is 5.87. The summed E-state index contributed by atoms with van der Waals surface area (Å²) in [5.41, 5.74) is 6.32. The zero-order valence-corrected chi connectivity index (χ0v) is 14.6. The first-order valence-electron chi connectivity index (χ1n) is 8.08. The molecule has 0 saturated carbocycles. The molecule has 1 aliphatic heterocycles. The molecule has 1 heterocycles.